The predicted molar refractivity (Wildman–Crippen MR) is 86.6 cm³/mol. The number of carbonyl (C=O) groups is 1. The minimum absolute atomic E-state index is 0.0272. The molecule has 1 aromatic rings. The number of hydrogen-bond acceptors (Lipinski definition) is 2. The minimum Gasteiger partial charge on any atom is -0.480 e. The van der Waals surface area contributed by atoms with Crippen LogP contribution in [-0.4, -0.2) is 18.1 Å². The Hall–Kier alpha value is -0.740. The van der Waals surface area contributed by atoms with Gasteiger partial charge in [0.1, 0.15) is 5.75 Å². The largest absolute Gasteiger partial charge is 0.480 e. The Kier molecular flexibility index (Phi) is 4.46. The van der Waals surface area contributed by atoms with Crippen molar-refractivity contribution in [3.8, 4) is 5.75 Å². The van der Waals surface area contributed by atoms with Crippen LogP contribution in [0.2, 0.25) is 5.02 Å². The topological polar surface area (TPSA) is 38.3 Å². The Labute approximate surface area is 138 Å². The number of ether oxygens (including phenoxy) is 1. The molecule has 2 saturated carbocycles. The van der Waals surface area contributed by atoms with Crippen molar-refractivity contribution < 1.29 is 9.53 Å². The molecule has 0 radical (unpaired) electrons. The number of halogens is 2. The average Bonchev–Trinajstić information content (AvgIpc) is 3.31. The van der Waals surface area contributed by atoms with Crippen LogP contribution in [-0.2, 0) is 4.79 Å². The van der Waals surface area contributed by atoms with Crippen LogP contribution < -0.4 is 10.1 Å². The molecule has 2 aliphatic carbocycles. The van der Waals surface area contributed by atoms with Crippen molar-refractivity contribution in [2.45, 2.75) is 44.8 Å². The van der Waals surface area contributed by atoms with E-state index >= 15 is 0 Å². The lowest BCUT2D eigenvalue weighted by Crippen LogP contribution is -2.44. The summed E-state index contributed by atoms with van der Waals surface area (Å²) in [4.78, 5) is 12.3. The van der Waals surface area contributed by atoms with Gasteiger partial charge in [0, 0.05) is 11.1 Å². The first-order valence-electron chi connectivity index (χ1n) is 7.46. The fourth-order valence-corrected chi connectivity index (χ4v) is 3.40. The molecule has 1 amide bonds. The molecule has 0 heterocycles. The highest BCUT2D eigenvalue weighted by Crippen LogP contribution is 2.44. The molecule has 0 spiro atoms. The van der Waals surface area contributed by atoms with Crippen LogP contribution in [0.25, 0.3) is 0 Å². The van der Waals surface area contributed by atoms with E-state index in [0.29, 0.717) is 28.6 Å². The number of amides is 1. The number of nitrogens with one attached hydrogen (secondary N) is 1. The highest BCUT2D eigenvalue weighted by atomic mass is 79.9. The molecule has 1 aromatic carbocycles. The maximum atomic E-state index is 12.3. The molecule has 3 rings (SSSR count). The summed E-state index contributed by atoms with van der Waals surface area (Å²) in [6.45, 7) is 1.78. The maximum Gasteiger partial charge on any atom is 0.261 e. The van der Waals surface area contributed by atoms with Crippen LogP contribution in [0.5, 0.6) is 5.75 Å². The Balaban J connectivity index is 1.58. The van der Waals surface area contributed by atoms with E-state index in [9.17, 15) is 4.79 Å². The number of carbonyl (C=O) groups excluding carboxylic acids is 1. The van der Waals surface area contributed by atoms with Gasteiger partial charge in [0.05, 0.1) is 4.47 Å². The van der Waals surface area contributed by atoms with Crippen LogP contribution in [0.3, 0.4) is 0 Å². The summed E-state index contributed by atoms with van der Waals surface area (Å²) < 4.78 is 6.51. The molecule has 5 heteroatoms. The van der Waals surface area contributed by atoms with Gasteiger partial charge < -0.3 is 10.1 Å². The van der Waals surface area contributed by atoms with Gasteiger partial charge in [-0.2, -0.15) is 0 Å². The fraction of sp³-hybridized carbons (Fsp3) is 0.562. The lowest BCUT2D eigenvalue weighted by Gasteiger charge is -2.21. The monoisotopic (exact) mass is 371 g/mol. The number of hydrogen-bond donors (Lipinski definition) is 1. The average molecular weight is 373 g/mol. The highest BCUT2D eigenvalue weighted by molar-refractivity contribution is 9.10. The molecular formula is C16H19BrClNO2. The summed E-state index contributed by atoms with van der Waals surface area (Å²) in [5, 5.41) is 3.82. The molecule has 0 bridgehead atoms. The first kappa shape index (κ1) is 15.2. The first-order valence-corrected chi connectivity index (χ1v) is 8.64. The molecule has 1 N–H and O–H groups in total. The molecular weight excluding hydrogens is 354 g/mol. The molecule has 0 unspecified atom stereocenters. The smallest absolute Gasteiger partial charge is 0.261 e. The lowest BCUT2D eigenvalue weighted by atomic mass is 10.1. The van der Waals surface area contributed by atoms with Crippen molar-refractivity contribution in [1.82, 2.24) is 5.32 Å². The summed E-state index contributed by atoms with van der Waals surface area (Å²) in [5.41, 5.74) is 0. The van der Waals surface area contributed by atoms with Gasteiger partial charge >= 0.3 is 0 Å². The third-order valence-corrected chi connectivity index (χ3v) is 4.99. The zero-order chi connectivity index (χ0) is 15.0. The van der Waals surface area contributed by atoms with E-state index in [1.807, 2.05) is 0 Å². The Morgan fingerprint density at radius 1 is 1.33 bits per heavy atom. The van der Waals surface area contributed by atoms with Gasteiger partial charge in [-0.1, -0.05) is 11.6 Å². The molecule has 114 valence electrons. The van der Waals surface area contributed by atoms with Crippen LogP contribution >= 0.6 is 27.5 Å². The third-order valence-electron chi connectivity index (χ3n) is 4.14. The Bertz CT molecular complexity index is 531. The van der Waals surface area contributed by atoms with Crippen molar-refractivity contribution in [3.63, 3.8) is 0 Å². The van der Waals surface area contributed by atoms with E-state index in [-0.39, 0.29) is 5.91 Å². The number of benzene rings is 1. The van der Waals surface area contributed by atoms with E-state index in [4.69, 9.17) is 16.3 Å². The summed E-state index contributed by atoms with van der Waals surface area (Å²) in [6.07, 6.45) is 4.49. The molecule has 1 atom stereocenters. The van der Waals surface area contributed by atoms with E-state index < -0.39 is 6.10 Å². The van der Waals surface area contributed by atoms with Gasteiger partial charge in [0.25, 0.3) is 5.91 Å². The van der Waals surface area contributed by atoms with E-state index in [1.165, 1.54) is 25.7 Å². The minimum atomic E-state index is -0.512. The second-order valence-corrected chi connectivity index (χ2v) is 7.33. The summed E-state index contributed by atoms with van der Waals surface area (Å²) in [6, 6.07) is 5.65. The summed E-state index contributed by atoms with van der Waals surface area (Å²) >= 11 is 9.30. The molecule has 0 saturated heterocycles. The van der Waals surface area contributed by atoms with Gasteiger partial charge in [-0.3, -0.25) is 4.79 Å². The normalized spacial score (nSPS) is 19.4. The van der Waals surface area contributed by atoms with Crippen molar-refractivity contribution in [1.29, 1.82) is 0 Å². The van der Waals surface area contributed by atoms with Crippen LogP contribution in [0.4, 0.5) is 0 Å². The van der Waals surface area contributed by atoms with Crippen LogP contribution in [0, 0.1) is 11.8 Å². The van der Waals surface area contributed by atoms with Gasteiger partial charge in [-0.25, -0.2) is 0 Å². The zero-order valence-corrected chi connectivity index (χ0v) is 14.3. The SMILES string of the molecule is C[C@@H](Oc1ccc(Cl)cc1Br)C(=O)NC(C1CC1)C1CC1. The van der Waals surface area contributed by atoms with Crippen molar-refractivity contribution in [3.05, 3.63) is 27.7 Å². The number of rotatable bonds is 6. The van der Waals surface area contributed by atoms with E-state index in [2.05, 4.69) is 21.2 Å². The fourth-order valence-electron chi connectivity index (χ4n) is 2.63. The molecule has 3 nitrogen and oxygen atoms in total. The quantitative estimate of drug-likeness (QED) is 0.813. The van der Waals surface area contributed by atoms with Crippen molar-refractivity contribution >= 4 is 33.4 Å². The standard InChI is InChI=1S/C16H19BrClNO2/c1-9(21-14-7-6-12(18)8-13(14)17)16(20)19-15(10-2-3-10)11-4-5-11/h6-11,15H,2-5H2,1H3,(H,19,20)/t9-/m1/s1. The first-order chi connectivity index (χ1) is 10.0. The Morgan fingerprint density at radius 3 is 2.48 bits per heavy atom. The van der Waals surface area contributed by atoms with Crippen LogP contribution in [0.15, 0.2) is 22.7 Å². The van der Waals surface area contributed by atoms with Gasteiger partial charge in [0.15, 0.2) is 6.10 Å². The lowest BCUT2D eigenvalue weighted by molar-refractivity contribution is -0.128. The van der Waals surface area contributed by atoms with Crippen molar-refractivity contribution in [2.24, 2.45) is 11.8 Å². The predicted octanol–water partition coefficient (Wildman–Crippen LogP) is 4.17. The van der Waals surface area contributed by atoms with Crippen LogP contribution in [0.1, 0.15) is 32.6 Å². The van der Waals surface area contributed by atoms with Gasteiger partial charge in [0.2, 0.25) is 0 Å². The second kappa shape index (κ2) is 6.17. The van der Waals surface area contributed by atoms with Crippen molar-refractivity contribution in [2.75, 3.05) is 0 Å². The Morgan fingerprint density at radius 2 is 1.95 bits per heavy atom. The molecule has 0 aromatic heterocycles. The second-order valence-electron chi connectivity index (χ2n) is 6.04. The molecule has 2 fully saturated rings. The molecule has 0 aliphatic heterocycles. The summed E-state index contributed by atoms with van der Waals surface area (Å²) in [5.74, 6) is 1.99. The van der Waals surface area contributed by atoms with E-state index in [1.54, 1.807) is 25.1 Å². The third kappa shape index (κ3) is 3.92. The molecule has 2 aliphatic rings. The highest BCUT2D eigenvalue weighted by Gasteiger charge is 2.42. The molecule has 21 heavy (non-hydrogen) atoms. The van der Waals surface area contributed by atoms with E-state index in [0.717, 1.165) is 4.47 Å². The van der Waals surface area contributed by atoms with Gasteiger partial charge in [-0.15, -0.1) is 0 Å². The summed E-state index contributed by atoms with van der Waals surface area (Å²) in [7, 11) is 0. The zero-order valence-electron chi connectivity index (χ0n) is 11.9. The van der Waals surface area contributed by atoms with Gasteiger partial charge in [-0.05, 0) is 78.6 Å². The maximum absolute atomic E-state index is 12.3.